The Labute approximate surface area is 104 Å². The Balaban J connectivity index is 2.77. The van der Waals surface area contributed by atoms with E-state index in [0.717, 1.165) is 17.8 Å². The van der Waals surface area contributed by atoms with Crippen LogP contribution in [0.3, 0.4) is 0 Å². The maximum absolute atomic E-state index is 12.3. The number of hydrogen-bond acceptors (Lipinski definition) is 3. The Morgan fingerprint density at radius 2 is 2.11 bits per heavy atom. The summed E-state index contributed by atoms with van der Waals surface area (Å²) in [4.78, 5) is 0. The second-order valence-corrected chi connectivity index (χ2v) is 4.18. The van der Waals surface area contributed by atoms with Gasteiger partial charge in [-0.15, -0.1) is 0 Å². The van der Waals surface area contributed by atoms with Gasteiger partial charge < -0.3 is 0 Å². The summed E-state index contributed by atoms with van der Waals surface area (Å²) >= 11 is 0. The Hall–Kier alpha value is -1.08. The standard InChI is InChI=1S/C11H19F3N4/c1-3-8-5-10(18(4-2)17-8)6-9(16-15)7-11(12,13)14/h5,9,16H,3-4,6-7,15H2,1-2H3. The molecule has 104 valence electrons. The average Bonchev–Trinajstić information content (AvgIpc) is 2.68. The zero-order chi connectivity index (χ0) is 13.8. The third-order valence-corrected chi connectivity index (χ3v) is 2.74. The van der Waals surface area contributed by atoms with Gasteiger partial charge in [0, 0.05) is 24.7 Å². The SMILES string of the molecule is CCc1cc(CC(CC(F)(F)F)NN)n(CC)n1. The van der Waals surface area contributed by atoms with Gasteiger partial charge in [0.15, 0.2) is 0 Å². The first-order valence-corrected chi connectivity index (χ1v) is 5.98. The molecule has 0 aromatic carbocycles. The number of aromatic nitrogens is 2. The van der Waals surface area contributed by atoms with Crippen molar-refractivity contribution in [1.29, 1.82) is 0 Å². The van der Waals surface area contributed by atoms with Crippen LogP contribution in [0.5, 0.6) is 0 Å². The molecule has 1 atom stereocenters. The molecule has 0 aliphatic heterocycles. The molecule has 0 spiro atoms. The molecule has 1 aromatic heterocycles. The van der Waals surface area contributed by atoms with E-state index in [2.05, 4.69) is 10.5 Å². The molecule has 0 fully saturated rings. The quantitative estimate of drug-likeness (QED) is 0.608. The first kappa shape index (κ1) is 15.0. The lowest BCUT2D eigenvalue weighted by atomic mass is 10.1. The van der Waals surface area contributed by atoms with Crippen LogP contribution in [-0.4, -0.2) is 22.0 Å². The molecular weight excluding hydrogens is 245 g/mol. The van der Waals surface area contributed by atoms with E-state index in [1.165, 1.54) is 0 Å². The van der Waals surface area contributed by atoms with Crippen LogP contribution in [0.25, 0.3) is 0 Å². The first-order chi connectivity index (χ1) is 8.39. The highest BCUT2D eigenvalue weighted by Gasteiger charge is 2.32. The van der Waals surface area contributed by atoms with Gasteiger partial charge in [-0.25, -0.2) is 0 Å². The second kappa shape index (κ2) is 6.19. The van der Waals surface area contributed by atoms with Crippen molar-refractivity contribution in [1.82, 2.24) is 15.2 Å². The highest BCUT2D eigenvalue weighted by atomic mass is 19.4. The monoisotopic (exact) mass is 264 g/mol. The molecule has 3 N–H and O–H groups in total. The lowest BCUT2D eigenvalue weighted by molar-refractivity contribution is -0.140. The fraction of sp³-hybridized carbons (Fsp3) is 0.727. The number of aryl methyl sites for hydroxylation is 2. The zero-order valence-corrected chi connectivity index (χ0v) is 10.6. The summed E-state index contributed by atoms with van der Waals surface area (Å²) in [6.45, 7) is 4.50. The van der Waals surface area contributed by atoms with Crippen LogP contribution in [0.15, 0.2) is 6.07 Å². The van der Waals surface area contributed by atoms with E-state index in [1.807, 2.05) is 19.9 Å². The summed E-state index contributed by atoms with van der Waals surface area (Å²) in [6.07, 6.45) is -4.18. The average molecular weight is 264 g/mol. The molecule has 0 aliphatic rings. The number of rotatable bonds is 6. The third-order valence-electron chi connectivity index (χ3n) is 2.74. The predicted octanol–water partition coefficient (Wildman–Crippen LogP) is 1.79. The molecule has 1 unspecified atom stereocenters. The predicted molar refractivity (Wildman–Crippen MR) is 62.8 cm³/mol. The van der Waals surface area contributed by atoms with Gasteiger partial charge in [0.25, 0.3) is 0 Å². The second-order valence-electron chi connectivity index (χ2n) is 4.18. The molecule has 7 heteroatoms. The summed E-state index contributed by atoms with van der Waals surface area (Å²) < 4.78 is 38.7. The molecule has 0 bridgehead atoms. The van der Waals surface area contributed by atoms with Crippen molar-refractivity contribution >= 4 is 0 Å². The van der Waals surface area contributed by atoms with E-state index in [1.54, 1.807) is 4.68 Å². The molecule has 0 amide bonds. The van der Waals surface area contributed by atoms with Gasteiger partial charge in [-0.2, -0.15) is 18.3 Å². The summed E-state index contributed by atoms with van der Waals surface area (Å²) in [5, 5.41) is 4.30. The minimum absolute atomic E-state index is 0.219. The highest BCUT2D eigenvalue weighted by molar-refractivity contribution is 5.12. The minimum atomic E-state index is -4.22. The molecule has 1 heterocycles. The van der Waals surface area contributed by atoms with E-state index in [-0.39, 0.29) is 6.42 Å². The third kappa shape index (κ3) is 4.30. The number of nitrogens with one attached hydrogen (secondary N) is 1. The van der Waals surface area contributed by atoms with E-state index < -0.39 is 18.6 Å². The van der Waals surface area contributed by atoms with Gasteiger partial charge in [0.2, 0.25) is 0 Å². The highest BCUT2D eigenvalue weighted by Crippen LogP contribution is 2.23. The number of halogens is 3. The van der Waals surface area contributed by atoms with Gasteiger partial charge in [-0.05, 0) is 19.4 Å². The van der Waals surface area contributed by atoms with Gasteiger partial charge in [0.1, 0.15) is 0 Å². The molecule has 0 aliphatic carbocycles. The molecule has 0 saturated heterocycles. The molecule has 0 radical (unpaired) electrons. The maximum atomic E-state index is 12.3. The van der Waals surface area contributed by atoms with Gasteiger partial charge >= 0.3 is 6.18 Å². The molecule has 0 saturated carbocycles. The molecule has 1 aromatic rings. The number of nitrogens with zero attached hydrogens (tertiary/aromatic N) is 2. The largest absolute Gasteiger partial charge is 0.390 e. The van der Waals surface area contributed by atoms with Crippen LogP contribution < -0.4 is 11.3 Å². The van der Waals surface area contributed by atoms with Crippen LogP contribution in [0.2, 0.25) is 0 Å². The topological polar surface area (TPSA) is 55.9 Å². The summed E-state index contributed by atoms with van der Waals surface area (Å²) in [7, 11) is 0. The van der Waals surface area contributed by atoms with Crippen molar-refractivity contribution < 1.29 is 13.2 Å². The van der Waals surface area contributed by atoms with Crippen molar-refractivity contribution in [2.45, 2.75) is 51.9 Å². The van der Waals surface area contributed by atoms with Gasteiger partial charge in [0.05, 0.1) is 12.1 Å². The van der Waals surface area contributed by atoms with Crippen molar-refractivity contribution in [3.05, 3.63) is 17.5 Å². The van der Waals surface area contributed by atoms with Crippen LogP contribution in [0.1, 0.15) is 31.7 Å². The van der Waals surface area contributed by atoms with Crippen LogP contribution in [-0.2, 0) is 19.4 Å². The van der Waals surface area contributed by atoms with E-state index >= 15 is 0 Å². The Bertz CT molecular complexity index is 373. The molecule has 1 rings (SSSR count). The maximum Gasteiger partial charge on any atom is 0.390 e. The zero-order valence-electron chi connectivity index (χ0n) is 10.6. The van der Waals surface area contributed by atoms with Crippen molar-refractivity contribution in [3.8, 4) is 0 Å². The fourth-order valence-corrected chi connectivity index (χ4v) is 1.85. The molecule has 4 nitrogen and oxygen atoms in total. The number of hydrogen-bond donors (Lipinski definition) is 2. The normalized spacial score (nSPS) is 13.9. The van der Waals surface area contributed by atoms with Crippen molar-refractivity contribution in [2.75, 3.05) is 0 Å². The number of alkyl halides is 3. The smallest absolute Gasteiger partial charge is 0.271 e. The van der Waals surface area contributed by atoms with Gasteiger partial charge in [-0.1, -0.05) is 6.92 Å². The molecular formula is C11H19F3N4. The van der Waals surface area contributed by atoms with E-state index in [0.29, 0.717) is 6.54 Å². The van der Waals surface area contributed by atoms with E-state index in [9.17, 15) is 13.2 Å². The van der Waals surface area contributed by atoms with E-state index in [4.69, 9.17) is 5.84 Å². The Morgan fingerprint density at radius 1 is 1.44 bits per heavy atom. The Morgan fingerprint density at radius 3 is 2.56 bits per heavy atom. The van der Waals surface area contributed by atoms with Crippen LogP contribution >= 0.6 is 0 Å². The van der Waals surface area contributed by atoms with Crippen LogP contribution in [0.4, 0.5) is 13.2 Å². The van der Waals surface area contributed by atoms with Crippen LogP contribution in [0, 0.1) is 0 Å². The first-order valence-electron chi connectivity index (χ1n) is 5.98. The van der Waals surface area contributed by atoms with Crippen molar-refractivity contribution in [3.63, 3.8) is 0 Å². The summed E-state index contributed by atoms with van der Waals surface area (Å²) in [5.74, 6) is 5.18. The summed E-state index contributed by atoms with van der Waals surface area (Å²) in [6, 6.07) is 1.02. The van der Waals surface area contributed by atoms with Gasteiger partial charge in [-0.3, -0.25) is 16.0 Å². The van der Waals surface area contributed by atoms with Crippen molar-refractivity contribution in [2.24, 2.45) is 5.84 Å². The molecule has 18 heavy (non-hydrogen) atoms. The lowest BCUT2D eigenvalue weighted by Gasteiger charge is -2.17. The summed E-state index contributed by atoms with van der Waals surface area (Å²) in [5.41, 5.74) is 3.89. The number of nitrogens with two attached hydrogens (primary N) is 1. The fourth-order valence-electron chi connectivity index (χ4n) is 1.85. The Kier molecular flexibility index (Phi) is 5.15. The number of hydrazine groups is 1. The minimum Gasteiger partial charge on any atom is -0.271 e. The lowest BCUT2D eigenvalue weighted by Crippen LogP contribution is -2.40.